The van der Waals surface area contributed by atoms with E-state index < -0.39 is 10.0 Å². The Kier molecular flexibility index (Phi) is 22.2. The first-order valence-electron chi connectivity index (χ1n) is 6.01. The molecule has 1 N–H and O–H groups in total. The van der Waals surface area contributed by atoms with Crippen molar-refractivity contribution in [2.45, 2.75) is 60.3 Å². The molecule has 0 saturated carbocycles. The third-order valence-corrected chi connectivity index (χ3v) is 2.12. The van der Waals surface area contributed by atoms with Gasteiger partial charge < -0.3 is 0 Å². The van der Waals surface area contributed by atoms with Gasteiger partial charge in [0.1, 0.15) is 0 Å². The van der Waals surface area contributed by atoms with Gasteiger partial charge in [-0.15, -0.1) is 0 Å². The Morgan fingerprint density at radius 3 is 1.73 bits per heavy atom. The van der Waals surface area contributed by atoms with Crippen LogP contribution in [0.4, 0.5) is 0 Å². The molecular weight excluding hydrogens is 210 g/mol. The van der Waals surface area contributed by atoms with Gasteiger partial charge >= 0.3 is 0 Å². The number of hydrogen-bond donors (Lipinski definition) is 1. The highest BCUT2D eigenvalue weighted by Gasteiger charge is 1.97. The van der Waals surface area contributed by atoms with Crippen LogP contribution in [0.25, 0.3) is 0 Å². The number of hydrogen-bond acceptors (Lipinski definition) is 2. The molecule has 0 radical (unpaired) electrons. The fourth-order valence-corrected chi connectivity index (χ4v) is 1.32. The molecule has 0 saturated heterocycles. The van der Waals surface area contributed by atoms with Crippen LogP contribution < -0.4 is 4.72 Å². The summed E-state index contributed by atoms with van der Waals surface area (Å²) in [7, 11) is -2.96. The zero-order valence-corrected chi connectivity index (χ0v) is 12.1. The molecule has 0 aromatic carbocycles. The fraction of sp³-hybridized carbons (Fsp3) is 1.00. The SMILES string of the molecule is CC.CC.CCCCCCNS(C)(=O)=O. The molecule has 0 aliphatic heterocycles. The second kappa shape index (κ2) is 16.3. The van der Waals surface area contributed by atoms with Crippen LogP contribution in [0.1, 0.15) is 60.3 Å². The fourth-order valence-electron chi connectivity index (χ4n) is 0.809. The van der Waals surface area contributed by atoms with Crippen LogP contribution >= 0.6 is 0 Å². The summed E-state index contributed by atoms with van der Waals surface area (Å²) < 4.78 is 23.6. The van der Waals surface area contributed by atoms with Gasteiger partial charge in [0.05, 0.1) is 6.26 Å². The highest BCUT2D eigenvalue weighted by Crippen LogP contribution is 1.97. The third kappa shape index (κ3) is 31.5. The van der Waals surface area contributed by atoms with Gasteiger partial charge in [0.2, 0.25) is 10.0 Å². The molecule has 4 heteroatoms. The van der Waals surface area contributed by atoms with E-state index >= 15 is 0 Å². The van der Waals surface area contributed by atoms with Crippen LogP contribution in [0.5, 0.6) is 0 Å². The zero-order valence-electron chi connectivity index (χ0n) is 11.3. The minimum Gasteiger partial charge on any atom is -0.215 e. The number of unbranched alkanes of at least 4 members (excludes halogenated alkanes) is 3. The maximum absolute atomic E-state index is 10.6. The van der Waals surface area contributed by atoms with E-state index in [9.17, 15) is 8.42 Å². The number of rotatable bonds is 6. The molecule has 0 aliphatic carbocycles. The van der Waals surface area contributed by atoms with Gasteiger partial charge in [0.15, 0.2) is 0 Å². The molecule has 0 heterocycles. The smallest absolute Gasteiger partial charge is 0.208 e. The molecule has 0 aromatic heterocycles. The summed E-state index contributed by atoms with van der Waals surface area (Å²) >= 11 is 0. The van der Waals surface area contributed by atoms with Gasteiger partial charge in [-0.3, -0.25) is 0 Å². The minimum absolute atomic E-state index is 0.582. The highest BCUT2D eigenvalue weighted by atomic mass is 32.2. The lowest BCUT2D eigenvalue weighted by Crippen LogP contribution is -2.22. The molecule has 0 fully saturated rings. The molecular formula is C11H29NO2S. The average molecular weight is 239 g/mol. The van der Waals surface area contributed by atoms with Crippen LogP contribution in [0.3, 0.4) is 0 Å². The first-order chi connectivity index (χ1) is 7.06. The quantitative estimate of drug-likeness (QED) is 0.724. The van der Waals surface area contributed by atoms with E-state index in [2.05, 4.69) is 11.6 Å². The average Bonchev–Trinajstić information content (AvgIpc) is 2.22. The topological polar surface area (TPSA) is 46.2 Å². The van der Waals surface area contributed by atoms with E-state index in [1.165, 1.54) is 19.1 Å². The Morgan fingerprint density at radius 2 is 1.40 bits per heavy atom. The van der Waals surface area contributed by atoms with Gasteiger partial charge in [-0.1, -0.05) is 53.9 Å². The van der Waals surface area contributed by atoms with E-state index in [1.807, 2.05) is 27.7 Å². The van der Waals surface area contributed by atoms with Gasteiger partial charge in [-0.2, -0.15) is 0 Å². The molecule has 0 amide bonds. The molecule has 15 heavy (non-hydrogen) atoms. The van der Waals surface area contributed by atoms with E-state index in [0.717, 1.165) is 12.8 Å². The van der Waals surface area contributed by atoms with Crippen molar-refractivity contribution in [3.8, 4) is 0 Å². The van der Waals surface area contributed by atoms with Crippen LogP contribution in [0, 0.1) is 0 Å². The number of nitrogens with one attached hydrogen (secondary N) is 1. The van der Waals surface area contributed by atoms with Gasteiger partial charge in [0, 0.05) is 6.54 Å². The highest BCUT2D eigenvalue weighted by molar-refractivity contribution is 7.88. The summed E-state index contributed by atoms with van der Waals surface area (Å²) in [5.41, 5.74) is 0. The lowest BCUT2D eigenvalue weighted by molar-refractivity contribution is 0.579. The molecule has 0 spiro atoms. The van der Waals surface area contributed by atoms with Crippen LogP contribution in [-0.4, -0.2) is 21.2 Å². The van der Waals surface area contributed by atoms with Crippen molar-refractivity contribution in [1.82, 2.24) is 4.72 Å². The molecule has 96 valence electrons. The molecule has 0 atom stereocenters. The predicted octanol–water partition coefficient (Wildman–Crippen LogP) is 3.17. The molecule has 0 unspecified atom stereocenters. The Labute approximate surface area is 96.7 Å². The van der Waals surface area contributed by atoms with E-state index in [-0.39, 0.29) is 0 Å². The Bertz CT molecular complexity index is 177. The van der Waals surface area contributed by atoms with Crippen molar-refractivity contribution in [1.29, 1.82) is 0 Å². The molecule has 0 aliphatic rings. The van der Waals surface area contributed by atoms with Crippen molar-refractivity contribution in [3.63, 3.8) is 0 Å². The predicted molar refractivity (Wildman–Crippen MR) is 69.7 cm³/mol. The monoisotopic (exact) mass is 239 g/mol. The summed E-state index contributed by atoms with van der Waals surface area (Å²) in [6, 6.07) is 0. The van der Waals surface area contributed by atoms with E-state index in [4.69, 9.17) is 0 Å². The molecule has 0 bridgehead atoms. The standard InChI is InChI=1S/C7H17NO2S.2C2H6/c1-3-4-5-6-7-8-11(2,9)10;2*1-2/h8H,3-7H2,1-2H3;2*1-2H3. The molecule has 0 aromatic rings. The maximum atomic E-state index is 10.6. The Morgan fingerprint density at radius 1 is 0.933 bits per heavy atom. The van der Waals surface area contributed by atoms with Gasteiger partial charge in [-0.05, 0) is 6.42 Å². The van der Waals surface area contributed by atoms with Crippen molar-refractivity contribution in [2.75, 3.05) is 12.8 Å². The Hall–Kier alpha value is -0.0900. The molecule has 3 nitrogen and oxygen atoms in total. The second-order valence-corrected chi connectivity index (χ2v) is 4.56. The Balaban J connectivity index is -0.000000318. The van der Waals surface area contributed by atoms with Crippen molar-refractivity contribution in [3.05, 3.63) is 0 Å². The van der Waals surface area contributed by atoms with Crippen LogP contribution in [0.15, 0.2) is 0 Å². The minimum atomic E-state index is -2.96. The first kappa shape index (κ1) is 20.3. The summed E-state index contributed by atoms with van der Waals surface area (Å²) in [5, 5.41) is 0. The van der Waals surface area contributed by atoms with Crippen molar-refractivity contribution in [2.24, 2.45) is 0 Å². The summed E-state index contributed by atoms with van der Waals surface area (Å²) in [5.74, 6) is 0. The summed E-state index contributed by atoms with van der Waals surface area (Å²) in [4.78, 5) is 0. The second-order valence-electron chi connectivity index (χ2n) is 2.73. The zero-order chi connectivity index (χ0) is 12.7. The van der Waals surface area contributed by atoms with Crippen molar-refractivity contribution < 1.29 is 8.42 Å². The lowest BCUT2D eigenvalue weighted by Gasteiger charge is -2.00. The summed E-state index contributed by atoms with van der Waals surface area (Å²) in [6.45, 7) is 10.7. The third-order valence-electron chi connectivity index (χ3n) is 1.39. The maximum Gasteiger partial charge on any atom is 0.208 e. The van der Waals surface area contributed by atoms with E-state index in [1.54, 1.807) is 0 Å². The number of sulfonamides is 1. The van der Waals surface area contributed by atoms with Crippen molar-refractivity contribution >= 4 is 10.0 Å². The molecule has 0 rings (SSSR count). The van der Waals surface area contributed by atoms with Gasteiger partial charge in [0.25, 0.3) is 0 Å². The van der Waals surface area contributed by atoms with E-state index in [0.29, 0.717) is 6.54 Å². The first-order valence-corrected chi connectivity index (χ1v) is 7.90. The normalized spacial score (nSPS) is 9.47. The largest absolute Gasteiger partial charge is 0.215 e. The lowest BCUT2D eigenvalue weighted by atomic mass is 10.2. The van der Waals surface area contributed by atoms with Crippen LogP contribution in [0.2, 0.25) is 0 Å². The summed E-state index contributed by atoms with van der Waals surface area (Å²) in [6.07, 6.45) is 5.61. The van der Waals surface area contributed by atoms with Gasteiger partial charge in [-0.25, -0.2) is 13.1 Å². The van der Waals surface area contributed by atoms with Crippen LogP contribution in [-0.2, 0) is 10.0 Å².